The average Bonchev–Trinajstić information content (AvgIpc) is 3.23. The molecule has 0 unspecified atom stereocenters. The number of benzene rings is 1. The molecule has 0 aliphatic heterocycles. The molecule has 1 aromatic rings. The van der Waals surface area contributed by atoms with Crippen molar-refractivity contribution in [1.29, 1.82) is 0 Å². The monoisotopic (exact) mass is 260 g/mol. The molecule has 19 heavy (non-hydrogen) atoms. The fourth-order valence-electron chi connectivity index (χ4n) is 2.28. The number of carbonyl (C=O) groups excluding carboxylic acids is 1. The fourth-order valence-corrected chi connectivity index (χ4v) is 2.28. The summed E-state index contributed by atoms with van der Waals surface area (Å²) in [5.41, 5.74) is 1.71. The summed E-state index contributed by atoms with van der Waals surface area (Å²) in [7, 11) is 1.86. The lowest BCUT2D eigenvalue weighted by Gasteiger charge is -2.24. The lowest BCUT2D eigenvalue weighted by molar-refractivity contribution is 0.0736. The maximum Gasteiger partial charge on any atom is 0.256 e. The van der Waals surface area contributed by atoms with Crippen LogP contribution >= 0.6 is 0 Å². The van der Waals surface area contributed by atoms with Gasteiger partial charge in [0.05, 0.1) is 5.56 Å². The molecule has 1 aromatic carbocycles. The number of rotatable bonds is 6. The summed E-state index contributed by atoms with van der Waals surface area (Å²) in [6, 6.07) is 8.23. The molecule has 3 heteroatoms. The lowest BCUT2D eigenvalue weighted by atomic mass is 10.1. The second-order valence-electron chi connectivity index (χ2n) is 5.71. The van der Waals surface area contributed by atoms with Crippen LogP contribution in [0.2, 0.25) is 0 Å². The van der Waals surface area contributed by atoms with E-state index in [2.05, 4.69) is 24.1 Å². The Morgan fingerprint density at radius 1 is 1.37 bits per heavy atom. The molecule has 1 fully saturated rings. The van der Waals surface area contributed by atoms with Crippen LogP contribution in [0.1, 0.15) is 43.5 Å². The van der Waals surface area contributed by atoms with Crippen LogP contribution < -0.4 is 5.32 Å². The first-order chi connectivity index (χ1) is 9.13. The van der Waals surface area contributed by atoms with Gasteiger partial charge in [-0.05, 0) is 37.3 Å². The molecule has 0 atom stereocenters. The summed E-state index contributed by atoms with van der Waals surface area (Å²) in [5.74, 6) is 0.807. The Kier molecular flexibility index (Phi) is 4.46. The summed E-state index contributed by atoms with van der Waals surface area (Å²) >= 11 is 0. The number of hydrogen-bond donors (Lipinski definition) is 1. The van der Waals surface area contributed by atoms with E-state index in [1.54, 1.807) is 0 Å². The van der Waals surface area contributed by atoms with Crippen molar-refractivity contribution >= 4 is 11.6 Å². The van der Waals surface area contributed by atoms with E-state index in [0.717, 1.165) is 37.1 Å². The first-order valence-electron chi connectivity index (χ1n) is 7.21. The molecule has 104 valence electrons. The Balaban J connectivity index is 2.14. The molecule has 1 saturated carbocycles. The molecule has 1 N–H and O–H groups in total. The highest BCUT2D eigenvalue weighted by atomic mass is 16.2. The molecule has 0 spiro atoms. The highest BCUT2D eigenvalue weighted by molar-refractivity contribution is 5.99. The van der Waals surface area contributed by atoms with Crippen molar-refractivity contribution in [2.75, 3.05) is 18.9 Å². The Labute approximate surface area is 116 Å². The third-order valence-corrected chi connectivity index (χ3v) is 3.62. The maximum atomic E-state index is 12.7. The van der Waals surface area contributed by atoms with Gasteiger partial charge in [-0.2, -0.15) is 0 Å². The summed E-state index contributed by atoms with van der Waals surface area (Å²) < 4.78 is 0. The van der Waals surface area contributed by atoms with Crippen molar-refractivity contribution in [3.8, 4) is 0 Å². The van der Waals surface area contributed by atoms with Gasteiger partial charge in [0.1, 0.15) is 0 Å². The second kappa shape index (κ2) is 6.09. The molecule has 0 radical (unpaired) electrons. The molecule has 0 saturated heterocycles. The van der Waals surface area contributed by atoms with Crippen LogP contribution in [0.5, 0.6) is 0 Å². The van der Waals surface area contributed by atoms with E-state index in [-0.39, 0.29) is 5.91 Å². The summed E-state index contributed by atoms with van der Waals surface area (Å²) in [6.07, 6.45) is 3.39. The number of amides is 1. The predicted molar refractivity (Wildman–Crippen MR) is 79.5 cm³/mol. The van der Waals surface area contributed by atoms with Gasteiger partial charge in [-0.15, -0.1) is 0 Å². The highest BCUT2D eigenvalue weighted by Crippen LogP contribution is 2.30. The van der Waals surface area contributed by atoms with E-state index in [0.29, 0.717) is 12.0 Å². The van der Waals surface area contributed by atoms with Crippen LogP contribution in [0.15, 0.2) is 24.3 Å². The number of hydrogen-bond acceptors (Lipinski definition) is 2. The van der Waals surface area contributed by atoms with Gasteiger partial charge in [0, 0.05) is 25.3 Å². The molecular weight excluding hydrogens is 236 g/mol. The van der Waals surface area contributed by atoms with E-state index < -0.39 is 0 Å². The Bertz CT molecular complexity index is 438. The molecule has 1 aliphatic rings. The SMILES string of the molecule is CNc1ccccc1C(=O)N(CCC(C)C)C1CC1. The van der Waals surface area contributed by atoms with Crippen LogP contribution in [-0.2, 0) is 0 Å². The van der Waals surface area contributed by atoms with Crippen LogP contribution in [0.25, 0.3) is 0 Å². The zero-order chi connectivity index (χ0) is 13.8. The number of nitrogens with zero attached hydrogens (tertiary/aromatic N) is 1. The quantitative estimate of drug-likeness (QED) is 0.850. The van der Waals surface area contributed by atoms with Gasteiger partial charge in [0.25, 0.3) is 5.91 Å². The van der Waals surface area contributed by atoms with Crippen LogP contribution in [0, 0.1) is 5.92 Å². The van der Waals surface area contributed by atoms with Gasteiger partial charge in [0.15, 0.2) is 0 Å². The summed E-state index contributed by atoms with van der Waals surface area (Å²) in [4.78, 5) is 14.8. The van der Waals surface area contributed by atoms with Crippen molar-refractivity contribution in [1.82, 2.24) is 4.90 Å². The number of carbonyl (C=O) groups is 1. The standard InChI is InChI=1S/C16H24N2O/c1-12(2)10-11-18(13-8-9-13)16(19)14-6-4-5-7-15(14)17-3/h4-7,12-13,17H,8-11H2,1-3H3. The van der Waals surface area contributed by atoms with Crippen molar-refractivity contribution in [2.24, 2.45) is 5.92 Å². The van der Waals surface area contributed by atoms with Gasteiger partial charge in [-0.3, -0.25) is 4.79 Å². The van der Waals surface area contributed by atoms with Crippen LogP contribution in [0.3, 0.4) is 0 Å². The topological polar surface area (TPSA) is 32.3 Å². The zero-order valence-corrected chi connectivity index (χ0v) is 12.1. The van der Waals surface area contributed by atoms with E-state index in [1.807, 2.05) is 31.3 Å². The third kappa shape index (κ3) is 3.49. The lowest BCUT2D eigenvalue weighted by Crippen LogP contribution is -2.35. The molecule has 2 rings (SSSR count). The first-order valence-corrected chi connectivity index (χ1v) is 7.21. The largest absolute Gasteiger partial charge is 0.387 e. The normalized spacial score (nSPS) is 14.5. The van der Waals surface area contributed by atoms with Crippen molar-refractivity contribution in [3.05, 3.63) is 29.8 Å². The molecule has 0 heterocycles. The van der Waals surface area contributed by atoms with Gasteiger partial charge in [0.2, 0.25) is 0 Å². The summed E-state index contributed by atoms with van der Waals surface area (Å²) in [5, 5.41) is 3.11. The van der Waals surface area contributed by atoms with Gasteiger partial charge in [-0.1, -0.05) is 26.0 Å². The van der Waals surface area contributed by atoms with Gasteiger partial charge >= 0.3 is 0 Å². The van der Waals surface area contributed by atoms with Gasteiger partial charge < -0.3 is 10.2 Å². The minimum absolute atomic E-state index is 0.174. The predicted octanol–water partition coefficient (Wildman–Crippen LogP) is 3.38. The molecule has 1 amide bonds. The fraction of sp³-hybridized carbons (Fsp3) is 0.562. The summed E-state index contributed by atoms with van der Waals surface area (Å²) in [6.45, 7) is 5.29. The minimum Gasteiger partial charge on any atom is -0.387 e. The van der Waals surface area contributed by atoms with Crippen LogP contribution in [0.4, 0.5) is 5.69 Å². The van der Waals surface area contributed by atoms with Crippen molar-refractivity contribution in [2.45, 2.75) is 39.2 Å². The second-order valence-corrected chi connectivity index (χ2v) is 5.71. The molecule has 0 aromatic heterocycles. The Morgan fingerprint density at radius 2 is 2.05 bits per heavy atom. The first kappa shape index (κ1) is 13.9. The van der Waals surface area contributed by atoms with E-state index in [1.165, 1.54) is 0 Å². The molecule has 1 aliphatic carbocycles. The Morgan fingerprint density at radius 3 is 2.63 bits per heavy atom. The Hall–Kier alpha value is -1.51. The van der Waals surface area contributed by atoms with Crippen molar-refractivity contribution in [3.63, 3.8) is 0 Å². The molecule has 0 bridgehead atoms. The van der Waals surface area contributed by atoms with Crippen LogP contribution in [-0.4, -0.2) is 30.4 Å². The van der Waals surface area contributed by atoms with E-state index >= 15 is 0 Å². The van der Waals surface area contributed by atoms with Gasteiger partial charge in [-0.25, -0.2) is 0 Å². The van der Waals surface area contributed by atoms with Crippen molar-refractivity contribution < 1.29 is 4.79 Å². The number of anilines is 1. The molecule has 3 nitrogen and oxygen atoms in total. The zero-order valence-electron chi connectivity index (χ0n) is 12.1. The minimum atomic E-state index is 0.174. The number of para-hydroxylation sites is 1. The smallest absolute Gasteiger partial charge is 0.256 e. The molecular formula is C16H24N2O. The maximum absolute atomic E-state index is 12.7. The average molecular weight is 260 g/mol. The third-order valence-electron chi connectivity index (χ3n) is 3.62. The van der Waals surface area contributed by atoms with E-state index in [4.69, 9.17) is 0 Å². The van der Waals surface area contributed by atoms with E-state index in [9.17, 15) is 4.79 Å². The number of nitrogens with one attached hydrogen (secondary N) is 1. The highest BCUT2D eigenvalue weighted by Gasteiger charge is 2.33.